The molecule has 92 valence electrons. The SMILES string of the molecule is Cc1cnc(CNC(=O)C2C=CCN2)cn1.Cl. The minimum Gasteiger partial charge on any atom is -0.349 e. The highest BCUT2D eigenvalue weighted by molar-refractivity contribution is 5.85. The molecule has 0 spiro atoms. The smallest absolute Gasteiger partial charge is 0.241 e. The van der Waals surface area contributed by atoms with Gasteiger partial charge in [0.15, 0.2) is 0 Å². The van der Waals surface area contributed by atoms with E-state index in [9.17, 15) is 4.79 Å². The molecule has 0 aromatic carbocycles. The fourth-order valence-electron chi connectivity index (χ4n) is 1.45. The Kier molecular flexibility index (Phi) is 5.06. The number of aryl methyl sites for hydroxylation is 1. The summed E-state index contributed by atoms with van der Waals surface area (Å²) in [5, 5.41) is 5.85. The molecular formula is C11H15ClN4O. The molecule has 0 fully saturated rings. The Labute approximate surface area is 106 Å². The van der Waals surface area contributed by atoms with Gasteiger partial charge in [-0.3, -0.25) is 20.1 Å². The minimum absolute atomic E-state index is 0. The van der Waals surface area contributed by atoms with Crippen LogP contribution in [0.25, 0.3) is 0 Å². The zero-order chi connectivity index (χ0) is 11.4. The van der Waals surface area contributed by atoms with E-state index in [1.165, 1.54) is 0 Å². The second-order valence-corrected chi connectivity index (χ2v) is 3.68. The van der Waals surface area contributed by atoms with Crippen LogP contribution in [0.1, 0.15) is 11.4 Å². The zero-order valence-electron chi connectivity index (χ0n) is 9.51. The second-order valence-electron chi connectivity index (χ2n) is 3.68. The first-order valence-corrected chi connectivity index (χ1v) is 5.21. The van der Waals surface area contributed by atoms with E-state index in [4.69, 9.17) is 0 Å². The number of nitrogens with one attached hydrogen (secondary N) is 2. The second kappa shape index (κ2) is 6.32. The highest BCUT2D eigenvalue weighted by atomic mass is 35.5. The fraction of sp³-hybridized carbons (Fsp3) is 0.364. The van der Waals surface area contributed by atoms with Crippen molar-refractivity contribution >= 4 is 18.3 Å². The summed E-state index contributed by atoms with van der Waals surface area (Å²) in [5.41, 5.74) is 1.64. The van der Waals surface area contributed by atoms with Crippen LogP contribution in [0.5, 0.6) is 0 Å². The van der Waals surface area contributed by atoms with Gasteiger partial charge < -0.3 is 5.32 Å². The molecule has 1 atom stereocenters. The zero-order valence-corrected chi connectivity index (χ0v) is 10.3. The number of aromatic nitrogens is 2. The van der Waals surface area contributed by atoms with Gasteiger partial charge in [0, 0.05) is 12.7 Å². The van der Waals surface area contributed by atoms with E-state index in [0.717, 1.165) is 17.9 Å². The quantitative estimate of drug-likeness (QED) is 0.764. The molecule has 1 amide bonds. The number of nitrogens with zero attached hydrogens (tertiary/aromatic N) is 2. The molecule has 2 N–H and O–H groups in total. The van der Waals surface area contributed by atoms with Crippen LogP contribution >= 0.6 is 12.4 Å². The van der Waals surface area contributed by atoms with E-state index in [-0.39, 0.29) is 24.4 Å². The van der Waals surface area contributed by atoms with Gasteiger partial charge in [0.05, 0.1) is 24.1 Å². The first kappa shape index (κ1) is 13.6. The van der Waals surface area contributed by atoms with Gasteiger partial charge in [-0.1, -0.05) is 12.2 Å². The number of carbonyl (C=O) groups excluding carboxylic acids is 1. The maximum atomic E-state index is 11.6. The van der Waals surface area contributed by atoms with Gasteiger partial charge in [-0.05, 0) is 6.92 Å². The Hall–Kier alpha value is -1.46. The summed E-state index contributed by atoms with van der Waals surface area (Å²) in [7, 11) is 0. The van der Waals surface area contributed by atoms with Gasteiger partial charge in [-0.25, -0.2) is 0 Å². The predicted molar refractivity (Wildman–Crippen MR) is 66.8 cm³/mol. The monoisotopic (exact) mass is 254 g/mol. The summed E-state index contributed by atoms with van der Waals surface area (Å²) in [6.45, 7) is 3.04. The van der Waals surface area contributed by atoms with Crippen LogP contribution in [0, 0.1) is 6.92 Å². The summed E-state index contributed by atoms with van der Waals surface area (Å²) in [6, 6.07) is -0.210. The van der Waals surface area contributed by atoms with Crippen LogP contribution in [0.4, 0.5) is 0 Å². The Bertz CT molecular complexity index is 404. The van der Waals surface area contributed by atoms with Crippen molar-refractivity contribution in [3.63, 3.8) is 0 Å². The molecule has 1 aliphatic heterocycles. The van der Waals surface area contributed by atoms with Gasteiger partial charge >= 0.3 is 0 Å². The highest BCUT2D eigenvalue weighted by Crippen LogP contribution is 1.97. The van der Waals surface area contributed by atoms with Gasteiger partial charge in [-0.2, -0.15) is 0 Å². The van der Waals surface area contributed by atoms with Crippen molar-refractivity contribution in [3.05, 3.63) is 35.9 Å². The molecule has 5 nitrogen and oxygen atoms in total. The van der Waals surface area contributed by atoms with Crippen LogP contribution in [-0.4, -0.2) is 28.5 Å². The van der Waals surface area contributed by atoms with E-state index < -0.39 is 0 Å². The van der Waals surface area contributed by atoms with Crippen LogP contribution in [0.3, 0.4) is 0 Å². The van der Waals surface area contributed by atoms with Gasteiger partial charge in [0.25, 0.3) is 0 Å². The largest absolute Gasteiger partial charge is 0.349 e. The molecule has 1 aliphatic rings. The number of hydrogen-bond acceptors (Lipinski definition) is 4. The van der Waals surface area contributed by atoms with Crippen molar-refractivity contribution in [2.75, 3.05) is 6.54 Å². The van der Waals surface area contributed by atoms with E-state index >= 15 is 0 Å². The van der Waals surface area contributed by atoms with Crippen molar-refractivity contribution in [2.24, 2.45) is 0 Å². The van der Waals surface area contributed by atoms with Crippen molar-refractivity contribution in [1.82, 2.24) is 20.6 Å². The molecule has 1 aromatic rings. The maximum absolute atomic E-state index is 11.6. The van der Waals surface area contributed by atoms with Crippen LogP contribution in [0.2, 0.25) is 0 Å². The number of rotatable bonds is 3. The number of halogens is 1. The Balaban J connectivity index is 0.00000144. The molecule has 0 saturated carbocycles. The third-order valence-electron chi connectivity index (χ3n) is 2.34. The predicted octanol–water partition coefficient (Wildman–Crippen LogP) is 0.351. The molecular weight excluding hydrogens is 240 g/mol. The summed E-state index contributed by atoms with van der Waals surface area (Å²) in [6.07, 6.45) is 7.16. The summed E-state index contributed by atoms with van der Waals surface area (Å²) < 4.78 is 0. The number of hydrogen-bond donors (Lipinski definition) is 2. The molecule has 1 aromatic heterocycles. The maximum Gasteiger partial charge on any atom is 0.241 e. The van der Waals surface area contributed by atoms with Crippen LogP contribution in [0.15, 0.2) is 24.5 Å². The fourth-order valence-corrected chi connectivity index (χ4v) is 1.45. The normalized spacial score (nSPS) is 17.6. The van der Waals surface area contributed by atoms with Crippen molar-refractivity contribution in [1.29, 1.82) is 0 Å². The van der Waals surface area contributed by atoms with E-state index in [0.29, 0.717) is 6.54 Å². The van der Waals surface area contributed by atoms with Crippen molar-refractivity contribution in [3.8, 4) is 0 Å². The van der Waals surface area contributed by atoms with Crippen LogP contribution < -0.4 is 10.6 Å². The molecule has 2 heterocycles. The summed E-state index contributed by atoms with van der Waals surface area (Å²) >= 11 is 0. The molecule has 6 heteroatoms. The lowest BCUT2D eigenvalue weighted by Gasteiger charge is -2.09. The van der Waals surface area contributed by atoms with E-state index in [1.54, 1.807) is 12.4 Å². The minimum atomic E-state index is -0.210. The number of amides is 1. The standard InChI is InChI=1S/C11H14N4O.ClH/c1-8-5-14-9(6-13-8)7-15-11(16)10-3-2-4-12-10;/h2-3,5-6,10,12H,4,7H2,1H3,(H,15,16);1H. The lowest BCUT2D eigenvalue weighted by molar-refractivity contribution is -0.122. The molecule has 0 aliphatic carbocycles. The molecule has 0 bridgehead atoms. The van der Waals surface area contributed by atoms with Gasteiger partial charge in [0.1, 0.15) is 6.04 Å². The Morgan fingerprint density at radius 3 is 2.94 bits per heavy atom. The van der Waals surface area contributed by atoms with Gasteiger partial charge in [0.2, 0.25) is 5.91 Å². The number of carbonyl (C=O) groups is 1. The first-order valence-electron chi connectivity index (χ1n) is 5.21. The lowest BCUT2D eigenvalue weighted by atomic mass is 10.3. The summed E-state index contributed by atoms with van der Waals surface area (Å²) in [5.74, 6) is -0.0314. The van der Waals surface area contributed by atoms with Crippen molar-refractivity contribution in [2.45, 2.75) is 19.5 Å². The van der Waals surface area contributed by atoms with Crippen molar-refractivity contribution < 1.29 is 4.79 Å². The first-order chi connectivity index (χ1) is 7.75. The van der Waals surface area contributed by atoms with Crippen LogP contribution in [-0.2, 0) is 11.3 Å². The topological polar surface area (TPSA) is 66.9 Å². The average Bonchev–Trinajstić information content (AvgIpc) is 2.81. The molecule has 0 radical (unpaired) electrons. The van der Waals surface area contributed by atoms with Gasteiger partial charge in [-0.15, -0.1) is 12.4 Å². The molecule has 0 saturated heterocycles. The molecule has 1 unspecified atom stereocenters. The Morgan fingerprint density at radius 1 is 1.53 bits per heavy atom. The lowest BCUT2D eigenvalue weighted by Crippen LogP contribution is -2.40. The molecule has 17 heavy (non-hydrogen) atoms. The van der Waals surface area contributed by atoms with E-state index in [2.05, 4.69) is 20.6 Å². The van der Waals surface area contributed by atoms with E-state index in [1.807, 2.05) is 19.1 Å². The third-order valence-corrected chi connectivity index (χ3v) is 2.34. The Morgan fingerprint density at radius 2 is 2.35 bits per heavy atom. The average molecular weight is 255 g/mol. The molecule has 2 rings (SSSR count). The third kappa shape index (κ3) is 3.80. The highest BCUT2D eigenvalue weighted by Gasteiger charge is 2.16. The summed E-state index contributed by atoms with van der Waals surface area (Å²) in [4.78, 5) is 19.9.